The Morgan fingerprint density at radius 1 is 1.09 bits per heavy atom. The summed E-state index contributed by atoms with van der Waals surface area (Å²) in [5.41, 5.74) is 3.04. The summed E-state index contributed by atoms with van der Waals surface area (Å²) < 4.78 is 1.64. The summed E-state index contributed by atoms with van der Waals surface area (Å²) in [5.74, 6) is 0.0381. The first-order chi connectivity index (χ1) is 16.5. The monoisotopic (exact) mass is 462 g/mol. The van der Waals surface area contributed by atoms with Crippen molar-refractivity contribution in [1.29, 1.82) is 0 Å². The molecule has 9 nitrogen and oxygen atoms in total. The van der Waals surface area contributed by atoms with Gasteiger partial charge in [0.05, 0.1) is 6.04 Å². The number of phenols is 1. The van der Waals surface area contributed by atoms with Crippen LogP contribution in [0, 0.1) is 0 Å². The molecule has 34 heavy (non-hydrogen) atoms. The molecule has 2 N–H and O–H groups in total. The summed E-state index contributed by atoms with van der Waals surface area (Å²) in [4.78, 5) is 15.6. The zero-order valence-electron chi connectivity index (χ0n) is 19.1. The van der Waals surface area contributed by atoms with Crippen LogP contribution in [0.15, 0.2) is 61.2 Å². The van der Waals surface area contributed by atoms with Gasteiger partial charge in [0.25, 0.3) is 0 Å². The second-order valence-electron chi connectivity index (χ2n) is 8.47. The second kappa shape index (κ2) is 11.0. The molecule has 9 heteroatoms. The molecule has 3 aromatic rings. The van der Waals surface area contributed by atoms with Gasteiger partial charge >= 0.3 is 5.97 Å². The van der Waals surface area contributed by atoms with Crippen molar-refractivity contribution < 1.29 is 15.0 Å². The van der Waals surface area contributed by atoms with Gasteiger partial charge in [-0.1, -0.05) is 42.5 Å². The van der Waals surface area contributed by atoms with Crippen LogP contribution in [0.25, 0.3) is 11.4 Å². The van der Waals surface area contributed by atoms with Crippen LogP contribution in [-0.2, 0) is 11.3 Å². The Morgan fingerprint density at radius 2 is 1.85 bits per heavy atom. The molecule has 1 aliphatic rings. The fraction of sp³-hybridized carbons (Fsp3) is 0.360. The Hall–Kier alpha value is -3.56. The Morgan fingerprint density at radius 3 is 2.53 bits per heavy atom. The number of aryl methyl sites for hydroxylation is 1. The molecule has 2 aromatic carbocycles. The minimum Gasteiger partial charge on any atom is -0.508 e. The molecule has 1 aromatic heterocycles. The molecule has 0 amide bonds. The van der Waals surface area contributed by atoms with Gasteiger partial charge in [-0.15, -0.1) is 11.7 Å². The number of carbonyl (C=O) groups is 1. The van der Waals surface area contributed by atoms with Gasteiger partial charge in [-0.05, 0) is 40.1 Å². The number of aromatic nitrogens is 4. The average Bonchev–Trinajstić information content (AvgIpc) is 3.29. The van der Waals surface area contributed by atoms with Crippen molar-refractivity contribution >= 4 is 5.97 Å². The first-order valence-electron chi connectivity index (χ1n) is 11.5. The van der Waals surface area contributed by atoms with Crippen LogP contribution >= 0.6 is 0 Å². The summed E-state index contributed by atoms with van der Waals surface area (Å²) >= 11 is 0. The van der Waals surface area contributed by atoms with E-state index in [0.29, 0.717) is 18.8 Å². The lowest BCUT2D eigenvalue weighted by molar-refractivity contribution is -0.137. The van der Waals surface area contributed by atoms with Crippen molar-refractivity contribution in [2.75, 3.05) is 32.7 Å². The van der Waals surface area contributed by atoms with E-state index in [1.165, 1.54) is 0 Å². The second-order valence-corrected chi connectivity index (χ2v) is 8.47. The molecule has 1 aliphatic heterocycles. The maximum absolute atomic E-state index is 10.8. The highest BCUT2D eigenvalue weighted by molar-refractivity contribution is 5.66. The van der Waals surface area contributed by atoms with E-state index in [9.17, 15) is 9.90 Å². The predicted molar refractivity (Wildman–Crippen MR) is 128 cm³/mol. The maximum Gasteiger partial charge on any atom is 0.303 e. The summed E-state index contributed by atoms with van der Waals surface area (Å²) in [6.07, 6.45) is 2.48. The number of carboxylic acid groups (broad SMARTS) is 1. The molecule has 0 radical (unpaired) electrons. The third kappa shape index (κ3) is 5.67. The van der Waals surface area contributed by atoms with E-state index in [0.717, 1.165) is 49.4 Å². The zero-order chi connectivity index (χ0) is 23.9. The molecular formula is C25H30N6O3. The molecule has 4 rings (SSSR count). The Balaban J connectivity index is 1.57. The number of piperazine rings is 1. The first kappa shape index (κ1) is 23.6. The highest BCUT2D eigenvalue weighted by atomic mass is 16.4. The summed E-state index contributed by atoms with van der Waals surface area (Å²) in [6, 6.07) is 15.6. The van der Waals surface area contributed by atoms with E-state index in [1.807, 2.05) is 30.3 Å². The van der Waals surface area contributed by atoms with Crippen LogP contribution < -0.4 is 0 Å². The number of aliphatic carboxylic acids is 1. The van der Waals surface area contributed by atoms with Crippen LogP contribution in [0.3, 0.4) is 0 Å². The minimum absolute atomic E-state index is 0.0126. The quantitative estimate of drug-likeness (QED) is 0.443. The van der Waals surface area contributed by atoms with Gasteiger partial charge in [0.2, 0.25) is 0 Å². The molecule has 1 saturated heterocycles. The van der Waals surface area contributed by atoms with Crippen molar-refractivity contribution in [3.8, 4) is 17.1 Å². The Bertz CT molecular complexity index is 1110. The van der Waals surface area contributed by atoms with E-state index in [2.05, 4.69) is 50.1 Å². The highest BCUT2D eigenvalue weighted by Gasteiger charge is 2.26. The number of tetrazole rings is 1. The number of aromatic hydroxyl groups is 1. The van der Waals surface area contributed by atoms with Crippen LogP contribution in [0.1, 0.15) is 30.0 Å². The number of phenolic OH excluding ortho intramolecular Hbond substituents is 1. The number of nitrogens with zero attached hydrogens (tertiary/aromatic N) is 6. The van der Waals surface area contributed by atoms with Gasteiger partial charge in [0.1, 0.15) is 5.75 Å². The van der Waals surface area contributed by atoms with E-state index in [4.69, 9.17) is 5.11 Å². The number of hydrogen-bond donors (Lipinski definition) is 2. The molecule has 0 bridgehead atoms. The number of rotatable bonds is 10. The molecule has 1 atom stereocenters. The normalized spacial score (nSPS) is 15.8. The molecular weight excluding hydrogens is 432 g/mol. The smallest absolute Gasteiger partial charge is 0.303 e. The Labute approximate surface area is 198 Å². The van der Waals surface area contributed by atoms with E-state index in [1.54, 1.807) is 10.7 Å². The maximum atomic E-state index is 10.8. The summed E-state index contributed by atoms with van der Waals surface area (Å²) in [7, 11) is 0. The summed E-state index contributed by atoms with van der Waals surface area (Å²) in [6.45, 7) is 8.93. The first-order valence-corrected chi connectivity index (χ1v) is 11.5. The Kier molecular flexibility index (Phi) is 7.66. The molecule has 0 spiro atoms. The molecule has 1 fully saturated rings. The zero-order valence-corrected chi connectivity index (χ0v) is 19.1. The largest absolute Gasteiger partial charge is 0.508 e. The minimum atomic E-state index is -0.831. The van der Waals surface area contributed by atoms with E-state index in [-0.39, 0.29) is 18.2 Å². The summed E-state index contributed by atoms with van der Waals surface area (Å²) in [5, 5.41) is 30.9. The van der Waals surface area contributed by atoms with Gasteiger partial charge in [0, 0.05) is 51.3 Å². The molecule has 0 unspecified atom stereocenters. The van der Waals surface area contributed by atoms with Crippen molar-refractivity contribution in [3.63, 3.8) is 0 Å². The standard InChI is InChI=1S/C25H30N6O3/c1-2-12-29-14-16-30(17-15-29)24(21-5-3-6-22(32)18-21)19-8-10-20(11-9-19)25-26-27-28-31(25)13-4-7-23(33)34/h2-3,5-6,8-11,18,24,32H,1,4,7,12-17H2,(H,33,34)/t24-/m0/s1. The fourth-order valence-corrected chi connectivity index (χ4v) is 4.45. The lowest BCUT2D eigenvalue weighted by Gasteiger charge is -2.39. The van der Waals surface area contributed by atoms with Crippen LogP contribution in [-0.4, -0.2) is 78.9 Å². The van der Waals surface area contributed by atoms with Crippen LogP contribution in [0.2, 0.25) is 0 Å². The average molecular weight is 463 g/mol. The van der Waals surface area contributed by atoms with Crippen molar-refractivity contribution in [2.45, 2.75) is 25.4 Å². The van der Waals surface area contributed by atoms with Crippen molar-refractivity contribution in [1.82, 2.24) is 30.0 Å². The molecule has 0 saturated carbocycles. The predicted octanol–water partition coefficient (Wildman–Crippen LogP) is 2.80. The van der Waals surface area contributed by atoms with Crippen LogP contribution in [0.4, 0.5) is 0 Å². The van der Waals surface area contributed by atoms with Gasteiger partial charge in [-0.3, -0.25) is 14.6 Å². The third-order valence-electron chi connectivity index (χ3n) is 6.12. The van der Waals surface area contributed by atoms with E-state index >= 15 is 0 Å². The fourth-order valence-electron chi connectivity index (χ4n) is 4.45. The number of benzene rings is 2. The third-order valence-corrected chi connectivity index (χ3v) is 6.12. The molecule has 0 aliphatic carbocycles. The van der Waals surface area contributed by atoms with E-state index < -0.39 is 5.97 Å². The molecule has 178 valence electrons. The topological polar surface area (TPSA) is 108 Å². The van der Waals surface area contributed by atoms with Gasteiger partial charge in [-0.25, -0.2) is 4.68 Å². The van der Waals surface area contributed by atoms with Gasteiger partial charge < -0.3 is 10.2 Å². The van der Waals surface area contributed by atoms with Crippen molar-refractivity contribution in [2.24, 2.45) is 0 Å². The van der Waals surface area contributed by atoms with Gasteiger partial charge in [-0.2, -0.15) is 0 Å². The molecule has 2 heterocycles. The van der Waals surface area contributed by atoms with Gasteiger partial charge in [0.15, 0.2) is 5.82 Å². The lowest BCUT2D eigenvalue weighted by Crippen LogP contribution is -2.47. The SMILES string of the molecule is C=CCN1CCN([C@@H](c2ccc(-c3nnnn3CCCC(=O)O)cc2)c2cccc(O)c2)CC1. The van der Waals surface area contributed by atoms with Crippen molar-refractivity contribution in [3.05, 3.63) is 72.3 Å². The highest BCUT2D eigenvalue weighted by Crippen LogP contribution is 2.32. The number of carboxylic acids is 1. The van der Waals surface area contributed by atoms with Crippen LogP contribution in [0.5, 0.6) is 5.75 Å². The number of hydrogen-bond acceptors (Lipinski definition) is 7. The lowest BCUT2D eigenvalue weighted by atomic mass is 9.95.